The van der Waals surface area contributed by atoms with Crippen molar-refractivity contribution in [2.45, 2.75) is 69.1 Å². The first-order chi connectivity index (χ1) is 21.3. The fourth-order valence-electron chi connectivity index (χ4n) is 7.00. The van der Waals surface area contributed by atoms with Crippen LogP contribution in [0.15, 0.2) is 18.2 Å². The topological polar surface area (TPSA) is 98.4 Å². The van der Waals surface area contributed by atoms with E-state index in [1.54, 1.807) is 0 Å². The summed E-state index contributed by atoms with van der Waals surface area (Å²) in [6, 6.07) is 2.43. The highest BCUT2D eigenvalue weighted by atomic mass is 32.1. The van der Waals surface area contributed by atoms with E-state index in [-0.39, 0.29) is 57.8 Å². The van der Waals surface area contributed by atoms with Gasteiger partial charge in [0.2, 0.25) is 5.88 Å². The van der Waals surface area contributed by atoms with Gasteiger partial charge in [-0.25, -0.2) is 18.2 Å². The van der Waals surface area contributed by atoms with E-state index < -0.39 is 57.8 Å². The first-order valence-corrected chi connectivity index (χ1v) is 15.5. The molecule has 45 heavy (non-hydrogen) atoms. The van der Waals surface area contributed by atoms with Crippen LogP contribution >= 0.6 is 11.3 Å². The lowest BCUT2D eigenvalue weighted by molar-refractivity contribution is -0.137. The van der Waals surface area contributed by atoms with Crippen LogP contribution in [0.4, 0.5) is 31.5 Å². The number of alkyl halides is 4. The second kappa shape index (κ2) is 10.6. The maximum Gasteiger partial charge on any atom is 0.417 e. The van der Waals surface area contributed by atoms with Crippen molar-refractivity contribution in [1.82, 2.24) is 25.2 Å². The van der Waals surface area contributed by atoms with Gasteiger partial charge in [0.05, 0.1) is 26.7 Å². The number of halogens is 6. The quantitative estimate of drug-likeness (QED) is 0.236. The number of rotatable bonds is 6. The molecule has 8 nitrogen and oxygen atoms in total. The van der Waals surface area contributed by atoms with Crippen molar-refractivity contribution in [2.24, 2.45) is 0 Å². The molecule has 5 heterocycles. The molecule has 0 amide bonds. The van der Waals surface area contributed by atoms with Crippen LogP contribution < -0.4 is 20.5 Å². The number of nitrogens with one attached hydrogen (secondary N) is 1. The van der Waals surface area contributed by atoms with Gasteiger partial charge < -0.3 is 20.5 Å². The molecule has 4 aromatic rings. The summed E-state index contributed by atoms with van der Waals surface area (Å²) < 4.78 is 102. The van der Waals surface area contributed by atoms with E-state index >= 15 is 4.39 Å². The largest absolute Gasteiger partial charge is 0.472 e. The van der Waals surface area contributed by atoms with Crippen molar-refractivity contribution < 1.29 is 35.8 Å². The van der Waals surface area contributed by atoms with Gasteiger partial charge in [0.25, 0.3) is 0 Å². The number of hydrogen-bond acceptors (Lipinski definition) is 9. The Morgan fingerprint density at radius 3 is 2.69 bits per heavy atom. The lowest BCUT2D eigenvalue weighted by atomic mass is 9.95. The average molecular weight is 653 g/mol. The first kappa shape index (κ1) is 30.2. The van der Waals surface area contributed by atoms with Crippen LogP contribution in [0.25, 0.3) is 32.2 Å². The Kier molecular flexibility index (Phi) is 7.09. The second-order valence-corrected chi connectivity index (χ2v) is 13.6. The van der Waals surface area contributed by atoms with Gasteiger partial charge >= 0.3 is 12.2 Å². The Hall–Kier alpha value is -3.43. The molecule has 1 unspecified atom stereocenters. The van der Waals surface area contributed by atoms with Crippen LogP contribution in [0.2, 0.25) is 0 Å². The molecule has 3 aliphatic heterocycles. The van der Waals surface area contributed by atoms with E-state index in [1.165, 1.54) is 0 Å². The van der Waals surface area contributed by atoms with Gasteiger partial charge in [-0.3, -0.25) is 4.90 Å². The molecule has 0 bridgehead atoms. The summed E-state index contributed by atoms with van der Waals surface area (Å²) in [5, 5.41) is 2.89. The first-order valence-electron chi connectivity index (χ1n) is 14.7. The Morgan fingerprint density at radius 1 is 1.16 bits per heavy atom. The van der Waals surface area contributed by atoms with E-state index in [0.29, 0.717) is 25.9 Å². The van der Waals surface area contributed by atoms with E-state index in [1.807, 2.05) is 18.7 Å². The van der Waals surface area contributed by atoms with E-state index in [0.717, 1.165) is 36.0 Å². The number of nitrogen functional groups attached to an aromatic ring is 1. The Balaban J connectivity index is 1.42. The zero-order valence-electron chi connectivity index (χ0n) is 24.4. The van der Waals surface area contributed by atoms with E-state index in [4.69, 9.17) is 15.2 Å². The number of hydrogen-bond donors (Lipinski definition) is 2. The summed E-state index contributed by atoms with van der Waals surface area (Å²) in [4.78, 5) is 14.6. The van der Waals surface area contributed by atoms with Crippen molar-refractivity contribution in [3.63, 3.8) is 0 Å². The summed E-state index contributed by atoms with van der Waals surface area (Å²) in [5.74, 6) is -2.35. The summed E-state index contributed by atoms with van der Waals surface area (Å²) >= 11 is 0.744. The van der Waals surface area contributed by atoms with Crippen LogP contribution in [-0.4, -0.2) is 69.4 Å². The highest BCUT2D eigenvalue weighted by molar-refractivity contribution is 7.22. The van der Waals surface area contributed by atoms with Crippen molar-refractivity contribution in [3.8, 4) is 23.0 Å². The molecular formula is C30H30F6N6O2S. The van der Waals surface area contributed by atoms with Gasteiger partial charge in [0, 0.05) is 29.6 Å². The maximum absolute atomic E-state index is 16.7. The minimum Gasteiger partial charge on any atom is -0.472 e. The van der Waals surface area contributed by atoms with Gasteiger partial charge in [-0.05, 0) is 64.4 Å². The highest BCUT2D eigenvalue weighted by Crippen LogP contribution is 2.46. The number of thiazole rings is 1. The predicted molar refractivity (Wildman–Crippen MR) is 157 cm³/mol. The molecule has 3 N–H and O–H groups in total. The van der Waals surface area contributed by atoms with Crippen LogP contribution in [0.5, 0.6) is 11.9 Å². The van der Waals surface area contributed by atoms with Crippen LogP contribution in [0.3, 0.4) is 0 Å². The normalized spacial score (nSPS) is 25.0. The molecule has 3 fully saturated rings. The molecule has 3 aliphatic rings. The SMILES string of the molecule is CC1(C)NCC[C@H]1Oc1nc(OCC23CCCN2C[C@H](F)C3)nc2c(F)c(-c3ccc(F)c4sc(N)nc34)c(C(F)(F)F)cc12. The highest BCUT2D eigenvalue weighted by Gasteiger charge is 2.49. The molecule has 0 aliphatic carbocycles. The van der Waals surface area contributed by atoms with E-state index in [9.17, 15) is 22.0 Å². The van der Waals surface area contributed by atoms with Crippen molar-refractivity contribution in [1.29, 1.82) is 0 Å². The van der Waals surface area contributed by atoms with Crippen molar-refractivity contribution in [2.75, 3.05) is 32.0 Å². The predicted octanol–water partition coefficient (Wildman–Crippen LogP) is 6.26. The number of fused-ring (bicyclic) bond motifs is 3. The lowest BCUT2D eigenvalue weighted by Gasteiger charge is -2.31. The summed E-state index contributed by atoms with van der Waals surface area (Å²) in [5.41, 5.74) is 1.46. The molecule has 7 rings (SSSR count). The Bertz CT molecular complexity index is 1820. The molecule has 2 aromatic heterocycles. The molecule has 240 valence electrons. The zero-order valence-corrected chi connectivity index (χ0v) is 25.2. The smallest absolute Gasteiger partial charge is 0.417 e. The van der Waals surface area contributed by atoms with Crippen molar-refractivity contribution in [3.05, 3.63) is 35.4 Å². The second-order valence-electron chi connectivity index (χ2n) is 12.6. The summed E-state index contributed by atoms with van der Waals surface area (Å²) in [6.07, 6.45) is -4.23. The van der Waals surface area contributed by atoms with Gasteiger partial charge in [0.1, 0.15) is 30.2 Å². The lowest BCUT2D eigenvalue weighted by Crippen LogP contribution is -2.44. The summed E-state index contributed by atoms with van der Waals surface area (Å²) in [6.45, 7) is 5.37. The third-order valence-corrected chi connectivity index (χ3v) is 10.1. The fraction of sp³-hybridized carbons (Fsp3) is 0.500. The molecule has 0 radical (unpaired) electrons. The molecule has 0 spiro atoms. The van der Waals surface area contributed by atoms with Gasteiger partial charge in [-0.2, -0.15) is 23.1 Å². The molecule has 3 atom stereocenters. The molecular weight excluding hydrogens is 622 g/mol. The third kappa shape index (κ3) is 5.12. The standard InChI is InChI=1S/C30H30F6N6O2S/c1-28(2)19(6-8-38-28)44-25-16-10-17(30(34,35)36)20(15-4-5-18(32)24-23(15)39-26(37)45-24)21(33)22(16)40-27(41-25)43-13-29-7-3-9-42(29)12-14(31)11-29/h4-5,10,14,19,38H,3,6-9,11-13H2,1-2H3,(H2,37,39)/t14-,19-,29?/m1/s1. The van der Waals surface area contributed by atoms with Crippen molar-refractivity contribution >= 4 is 37.6 Å². The Morgan fingerprint density at radius 2 is 1.96 bits per heavy atom. The number of nitrogens with two attached hydrogens (primary N) is 1. The maximum atomic E-state index is 16.7. The van der Waals surface area contributed by atoms with Crippen LogP contribution in [0.1, 0.15) is 45.1 Å². The van der Waals surface area contributed by atoms with E-state index in [2.05, 4.69) is 20.3 Å². The minimum atomic E-state index is -5.04. The third-order valence-electron chi connectivity index (χ3n) is 9.24. The number of ether oxygens (including phenoxy) is 2. The molecule has 2 aromatic carbocycles. The number of benzene rings is 2. The van der Waals surface area contributed by atoms with Crippen LogP contribution in [0, 0.1) is 11.6 Å². The zero-order chi connectivity index (χ0) is 31.9. The number of aromatic nitrogens is 3. The van der Waals surface area contributed by atoms with Gasteiger partial charge in [-0.1, -0.05) is 11.3 Å². The van der Waals surface area contributed by atoms with Gasteiger partial charge in [-0.15, -0.1) is 0 Å². The summed E-state index contributed by atoms with van der Waals surface area (Å²) in [7, 11) is 0. The molecule has 0 saturated carbocycles. The van der Waals surface area contributed by atoms with Gasteiger partial charge in [0.15, 0.2) is 10.9 Å². The fourth-order valence-corrected chi connectivity index (χ4v) is 7.77. The number of nitrogens with zero attached hydrogens (tertiary/aromatic N) is 4. The number of anilines is 1. The molecule has 3 saturated heterocycles. The Labute approximate surface area is 257 Å². The van der Waals surface area contributed by atoms with Crippen LogP contribution in [-0.2, 0) is 6.18 Å². The molecule has 15 heteroatoms. The monoisotopic (exact) mass is 652 g/mol. The minimum absolute atomic E-state index is 0.0145. The average Bonchev–Trinajstić information content (AvgIpc) is 3.70.